The molecule has 1 aromatic carbocycles. The molecule has 0 aliphatic heterocycles. The molecule has 0 aliphatic rings. The summed E-state index contributed by atoms with van der Waals surface area (Å²) in [7, 11) is -3.52. The highest BCUT2D eigenvalue weighted by molar-refractivity contribution is 8.14. The van der Waals surface area contributed by atoms with Crippen molar-refractivity contribution in [2.45, 2.75) is 32.9 Å². The average Bonchev–Trinajstić information content (AvgIpc) is 2.47. The lowest BCUT2D eigenvalue weighted by atomic mass is 10.2. The first-order chi connectivity index (χ1) is 10.1. The molecule has 0 saturated carbocycles. The minimum absolute atomic E-state index is 0.159. The van der Waals surface area contributed by atoms with Gasteiger partial charge in [-0.05, 0) is 25.8 Å². The van der Waals surface area contributed by atoms with Gasteiger partial charge in [-0.2, -0.15) is 0 Å². The Kier molecular flexibility index (Phi) is 8.27. The second-order valence-electron chi connectivity index (χ2n) is 4.36. The van der Waals surface area contributed by atoms with E-state index in [1.54, 1.807) is 26.0 Å². The number of hydrogen-bond donors (Lipinski definition) is 0. The highest BCUT2D eigenvalue weighted by atomic mass is 32.2. The van der Waals surface area contributed by atoms with Gasteiger partial charge in [0.1, 0.15) is 0 Å². The maximum Gasteiger partial charge on any atom is 0.346 e. The van der Waals surface area contributed by atoms with Crippen LogP contribution in [0.25, 0.3) is 0 Å². The molecule has 4 nitrogen and oxygen atoms in total. The molecule has 0 aromatic heterocycles. The molecule has 1 atom stereocenters. The molecule has 0 amide bonds. The van der Waals surface area contributed by atoms with Crippen LogP contribution in [0, 0.1) is 0 Å². The molecule has 0 bridgehead atoms. The summed E-state index contributed by atoms with van der Waals surface area (Å²) < 4.78 is 23.8. The van der Waals surface area contributed by atoms with E-state index in [-0.39, 0.29) is 18.3 Å². The van der Waals surface area contributed by atoms with Crippen LogP contribution in [-0.2, 0) is 18.4 Å². The zero-order valence-corrected chi connectivity index (χ0v) is 14.5. The smallest absolute Gasteiger partial charge is 0.308 e. The molecule has 0 fully saturated rings. The van der Waals surface area contributed by atoms with Gasteiger partial charge in [0.25, 0.3) is 0 Å². The van der Waals surface area contributed by atoms with E-state index >= 15 is 0 Å². The van der Waals surface area contributed by atoms with E-state index in [9.17, 15) is 9.36 Å². The number of rotatable bonds is 9. The highest BCUT2D eigenvalue weighted by Gasteiger charge is 2.42. The van der Waals surface area contributed by atoms with Crippen molar-refractivity contribution in [3.8, 4) is 0 Å². The molecule has 21 heavy (non-hydrogen) atoms. The Bertz CT molecular complexity index is 468. The van der Waals surface area contributed by atoms with E-state index < -0.39 is 13.3 Å². The minimum atomic E-state index is -3.52. The van der Waals surface area contributed by atoms with Gasteiger partial charge in [-0.3, -0.25) is 9.36 Å². The second kappa shape index (κ2) is 9.42. The van der Waals surface area contributed by atoms with Crippen molar-refractivity contribution < 1.29 is 18.4 Å². The summed E-state index contributed by atoms with van der Waals surface area (Å²) in [5, 5.41) is -0.159. The number of hydrogen-bond acceptors (Lipinski definition) is 5. The summed E-state index contributed by atoms with van der Waals surface area (Å²) in [5.41, 5.74) is -0.188. The molecule has 0 N–H and O–H groups in total. The monoisotopic (exact) mass is 330 g/mol. The van der Waals surface area contributed by atoms with Gasteiger partial charge in [-0.15, -0.1) is 0 Å². The van der Waals surface area contributed by atoms with Crippen molar-refractivity contribution in [3.05, 3.63) is 35.9 Å². The third-order valence-electron chi connectivity index (χ3n) is 2.72. The van der Waals surface area contributed by atoms with Crippen molar-refractivity contribution in [2.24, 2.45) is 0 Å². The third-order valence-corrected chi connectivity index (χ3v) is 6.43. The molecule has 0 aliphatic carbocycles. The van der Waals surface area contributed by atoms with Crippen LogP contribution in [0.2, 0.25) is 0 Å². The lowest BCUT2D eigenvalue weighted by Crippen LogP contribution is -2.14. The van der Waals surface area contributed by atoms with Crippen LogP contribution in [0.4, 0.5) is 0 Å². The van der Waals surface area contributed by atoms with Gasteiger partial charge in [0, 0.05) is 5.75 Å². The Balaban J connectivity index is 3.16. The van der Waals surface area contributed by atoms with Crippen molar-refractivity contribution in [1.82, 2.24) is 0 Å². The van der Waals surface area contributed by atoms with Gasteiger partial charge in [-0.25, -0.2) is 0 Å². The summed E-state index contributed by atoms with van der Waals surface area (Å²) in [6.07, 6.45) is 0.880. The summed E-state index contributed by atoms with van der Waals surface area (Å²) in [6.45, 7) is 5.98. The molecule has 1 rings (SSSR count). The molecule has 0 spiro atoms. The Morgan fingerprint density at radius 1 is 1.14 bits per heavy atom. The van der Waals surface area contributed by atoms with Gasteiger partial charge < -0.3 is 9.05 Å². The van der Waals surface area contributed by atoms with Crippen molar-refractivity contribution in [3.63, 3.8) is 0 Å². The molecule has 0 radical (unpaired) electrons. The standard InChI is InChI=1S/C15H23O4PS/c1-4-12-21-15(16)14(13-10-8-7-9-11-13)20(17,18-5-2)19-6-3/h7-11,14H,4-6,12H2,1-3H3. The van der Waals surface area contributed by atoms with Gasteiger partial charge >= 0.3 is 7.60 Å². The summed E-state index contributed by atoms with van der Waals surface area (Å²) in [6, 6.07) is 9.08. The van der Waals surface area contributed by atoms with Crippen LogP contribution < -0.4 is 0 Å². The Morgan fingerprint density at radius 2 is 1.71 bits per heavy atom. The molecular formula is C15H23O4PS. The van der Waals surface area contributed by atoms with E-state index in [0.717, 1.165) is 6.42 Å². The van der Waals surface area contributed by atoms with E-state index in [4.69, 9.17) is 9.05 Å². The maximum absolute atomic E-state index is 13.0. The first-order valence-corrected chi connectivity index (χ1v) is 9.79. The molecule has 1 unspecified atom stereocenters. The van der Waals surface area contributed by atoms with Crippen LogP contribution in [0.5, 0.6) is 0 Å². The molecule has 6 heteroatoms. The Hall–Kier alpha value is -0.610. The molecule has 0 saturated heterocycles. The van der Waals surface area contributed by atoms with E-state index in [1.807, 2.05) is 25.1 Å². The van der Waals surface area contributed by atoms with E-state index in [2.05, 4.69) is 0 Å². The van der Waals surface area contributed by atoms with Crippen molar-refractivity contribution in [2.75, 3.05) is 19.0 Å². The normalized spacial score (nSPS) is 13.1. The number of benzene rings is 1. The molecule has 118 valence electrons. The first kappa shape index (κ1) is 18.4. The summed E-state index contributed by atoms with van der Waals surface area (Å²) in [5.74, 6) is 0.695. The fraction of sp³-hybridized carbons (Fsp3) is 0.533. The van der Waals surface area contributed by atoms with Gasteiger partial charge in [0.15, 0.2) is 5.66 Å². The SMILES string of the molecule is CCCSC(=O)C(c1ccccc1)P(=O)(OCC)OCC. The largest absolute Gasteiger partial charge is 0.346 e. The number of thioether (sulfide) groups is 1. The van der Waals surface area contributed by atoms with Crippen molar-refractivity contribution >= 4 is 24.5 Å². The maximum atomic E-state index is 13.0. The van der Waals surface area contributed by atoms with Gasteiger partial charge in [0.2, 0.25) is 5.12 Å². The predicted molar refractivity (Wildman–Crippen MR) is 87.8 cm³/mol. The Labute approximate surface area is 131 Å². The third kappa shape index (κ3) is 5.26. The lowest BCUT2D eigenvalue weighted by molar-refractivity contribution is -0.111. The first-order valence-electron chi connectivity index (χ1n) is 7.19. The Morgan fingerprint density at radius 3 is 2.19 bits per heavy atom. The van der Waals surface area contributed by atoms with Crippen molar-refractivity contribution in [1.29, 1.82) is 0 Å². The van der Waals surface area contributed by atoms with Crippen LogP contribution in [0.15, 0.2) is 30.3 Å². The second-order valence-corrected chi connectivity index (χ2v) is 7.57. The zero-order valence-electron chi connectivity index (χ0n) is 12.8. The molecule has 1 aromatic rings. The highest BCUT2D eigenvalue weighted by Crippen LogP contribution is 2.62. The summed E-state index contributed by atoms with van der Waals surface area (Å²) >= 11 is 1.19. The average molecular weight is 330 g/mol. The molecule has 0 heterocycles. The zero-order chi connectivity index (χ0) is 15.7. The topological polar surface area (TPSA) is 52.6 Å². The van der Waals surface area contributed by atoms with Gasteiger partial charge in [0.05, 0.1) is 13.2 Å². The summed E-state index contributed by atoms with van der Waals surface area (Å²) in [4.78, 5) is 12.5. The van der Waals surface area contributed by atoms with Crippen LogP contribution in [0.3, 0.4) is 0 Å². The number of carbonyl (C=O) groups is 1. The fourth-order valence-electron chi connectivity index (χ4n) is 1.91. The lowest BCUT2D eigenvalue weighted by Gasteiger charge is -2.25. The predicted octanol–water partition coefficient (Wildman–Crippen LogP) is 4.66. The molecular weight excluding hydrogens is 307 g/mol. The van der Waals surface area contributed by atoms with Crippen LogP contribution in [0.1, 0.15) is 38.4 Å². The quantitative estimate of drug-likeness (QED) is 0.616. The van der Waals surface area contributed by atoms with E-state index in [0.29, 0.717) is 11.3 Å². The number of carbonyl (C=O) groups excluding carboxylic acids is 1. The van der Waals surface area contributed by atoms with Crippen LogP contribution >= 0.6 is 19.4 Å². The van der Waals surface area contributed by atoms with Crippen LogP contribution in [-0.4, -0.2) is 24.1 Å². The fourth-order valence-corrected chi connectivity index (χ4v) is 5.11. The van der Waals surface area contributed by atoms with E-state index in [1.165, 1.54) is 11.8 Å². The van der Waals surface area contributed by atoms with Gasteiger partial charge in [-0.1, -0.05) is 49.0 Å². The minimum Gasteiger partial charge on any atom is -0.308 e.